The topological polar surface area (TPSA) is 152 Å². The first kappa shape index (κ1) is 90.6. The van der Waals surface area contributed by atoms with Crippen LogP contribution < -0.4 is 0 Å². The van der Waals surface area contributed by atoms with E-state index in [-0.39, 0.29) is 20.1 Å². The van der Waals surface area contributed by atoms with Gasteiger partial charge in [-0.2, -0.15) is 0 Å². The molecule has 7 heterocycles. The Morgan fingerprint density at radius 3 is 0.872 bits per heavy atom. The summed E-state index contributed by atoms with van der Waals surface area (Å²) >= 11 is 0. The van der Waals surface area contributed by atoms with E-state index in [0.717, 1.165) is 134 Å². The van der Waals surface area contributed by atoms with Crippen molar-refractivity contribution in [2.24, 2.45) is 14.1 Å². The first-order valence-corrected chi connectivity index (χ1v) is 46.4. The van der Waals surface area contributed by atoms with Crippen molar-refractivity contribution < 1.29 is 20.1 Å². The van der Waals surface area contributed by atoms with E-state index in [1.165, 1.54) is 54.6 Å². The second-order valence-electron chi connectivity index (χ2n) is 33.4. The zero-order valence-corrected chi connectivity index (χ0v) is 79.4. The van der Waals surface area contributed by atoms with Crippen molar-refractivity contribution in [3.8, 4) is 169 Å². The van der Waals surface area contributed by atoms with Crippen LogP contribution in [-0.4, -0.2) is 64.0 Å². The summed E-state index contributed by atoms with van der Waals surface area (Å²) in [7, 11) is 4.15. The molecule has 0 saturated heterocycles. The Bertz CT molecular complexity index is 8000. The van der Waals surface area contributed by atoms with Gasteiger partial charge < -0.3 is 24.1 Å². The fourth-order valence-corrected chi connectivity index (χ4v) is 17.5. The summed E-state index contributed by atoms with van der Waals surface area (Å²) in [5.74, 6) is 5.73. The molecule has 18 aromatic carbocycles. The van der Waals surface area contributed by atoms with Crippen LogP contribution in [0.3, 0.4) is 0 Å². The fourth-order valence-electron chi connectivity index (χ4n) is 17.5. The molecular formula is C127H88IrN13. The van der Waals surface area contributed by atoms with Gasteiger partial charge in [0, 0.05) is 77.2 Å². The predicted octanol–water partition coefficient (Wildman–Crippen LogP) is 30.6. The molecule has 0 aliphatic carbocycles. The molecule has 141 heavy (non-hydrogen) atoms. The molecule has 0 unspecified atom stereocenters. The molecule has 0 bridgehead atoms. The Morgan fingerprint density at radius 2 is 0.482 bits per heavy atom. The summed E-state index contributed by atoms with van der Waals surface area (Å²) in [6.45, 7) is 0. The van der Waals surface area contributed by atoms with Gasteiger partial charge in [-0.25, -0.2) is 39.9 Å². The standard InChI is InChI=1S/C56H36N6.C32H24N4.C17H12N.2C11H8N.Ir/c1-5-17-39(18-6-1)51-57-52(40-19-7-2-8-20-40)60-55(59-51)43-33-29-37(30-34-43)49-47-27-15-13-25-45(47)46-26-14-16-28-48(46)50(49)38-31-35-44(36-32-38)56-61-53(41-21-9-3-10-22-41)58-54(62-56)42-23-11-4-12-24-42;1-35-29-9-5-3-7-27(29)33-31(35)23-15-11-21(12-16-23)24-17-13-22-14-18-25(20-26(22)19-24)32-34-28-8-4-6-10-30(28)36(32)2;1-2-7-14(8-3-1)15-9-6-10-16(13-15)17-11-4-5-12-18-17;2*1-2-6-10(7-3-1)11-8-4-5-9-12-11;/h1-36H;3-20H,1-2H3;1-9,11-13H;2*1-6,8-9H;/q;;3*-1;+3. The maximum atomic E-state index is 5.00. The number of pyridine rings is 3. The third-order valence-corrected chi connectivity index (χ3v) is 24.5. The van der Waals surface area contributed by atoms with Crippen LogP contribution in [-0.2, 0) is 34.2 Å². The zero-order valence-electron chi connectivity index (χ0n) is 77.0. The Labute approximate surface area is 831 Å². The van der Waals surface area contributed by atoms with Gasteiger partial charge in [0.05, 0.1) is 22.1 Å². The quantitative estimate of drug-likeness (QED) is 0.0712. The number of aromatic nitrogens is 13. The van der Waals surface area contributed by atoms with Gasteiger partial charge in [0.25, 0.3) is 0 Å². The van der Waals surface area contributed by atoms with Crippen LogP contribution in [0.25, 0.3) is 224 Å². The summed E-state index contributed by atoms with van der Waals surface area (Å²) in [6.07, 6.45) is 5.38. The fraction of sp³-hybridized carbons (Fsp3) is 0.0157. The molecule has 0 atom stereocenters. The van der Waals surface area contributed by atoms with Crippen molar-refractivity contribution in [2.45, 2.75) is 0 Å². The van der Waals surface area contributed by atoms with E-state index >= 15 is 0 Å². The Hall–Kier alpha value is -18.2. The van der Waals surface area contributed by atoms with E-state index in [1.54, 1.807) is 18.6 Å². The average Bonchev–Trinajstić information content (AvgIpc) is 0.940. The first-order chi connectivity index (χ1) is 69.2. The zero-order chi connectivity index (χ0) is 94.1. The minimum absolute atomic E-state index is 0. The molecule has 0 saturated carbocycles. The van der Waals surface area contributed by atoms with Crippen molar-refractivity contribution in [3.63, 3.8) is 0 Å². The van der Waals surface area contributed by atoms with Crippen LogP contribution >= 0.6 is 0 Å². The van der Waals surface area contributed by atoms with Crippen molar-refractivity contribution in [2.75, 3.05) is 0 Å². The number of para-hydroxylation sites is 4. The van der Waals surface area contributed by atoms with Crippen LogP contribution in [0.1, 0.15) is 0 Å². The minimum atomic E-state index is 0. The third kappa shape index (κ3) is 20.5. The van der Waals surface area contributed by atoms with Gasteiger partial charge in [-0.1, -0.05) is 358 Å². The number of imidazole rings is 2. The molecule has 0 amide bonds. The van der Waals surface area contributed by atoms with Crippen LogP contribution in [0.15, 0.2) is 498 Å². The molecule has 7 aromatic heterocycles. The summed E-state index contributed by atoms with van der Waals surface area (Å²) in [4.78, 5) is 52.3. The molecule has 13 nitrogen and oxygen atoms in total. The molecule has 0 N–H and O–H groups in total. The van der Waals surface area contributed by atoms with Gasteiger partial charge in [-0.05, 0) is 143 Å². The van der Waals surface area contributed by atoms with E-state index in [0.29, 0.717) is 34.9 Å². The van der Waals surface area contributed by atoms with Crippen LogP contribution in [0.2, 0.25) is 0 Å². The molecule has 25 aromatic rings. The van der Waals surface area contributed by atoms with Gasteiger partial charge in [-0.3, -0.25) is 0 Å². The van der Waals surface area contributed by atoms with Crippen molar-refractivity contribution in [1.82, 2.24) is 64.0 Å². The monoisotopic (exact) mass is 1990 g/mol. The number of nitrogens with zero attached hydrogens (tertiary/aromatic N) is 13. The van der Waals surface area contributed by atoms with Gasteiger partial charge in [0.2, 0.25) is 0 Å². The van der Waals surface area contributed by atoms with E-state index in [4.69, 9.17) is 39.9 Å². The number of fused-ring (bicyclic) bond motifs is 6. The largest absolute Gasteiger partial charge is 3.00 e. The van der Waals surface area contributed by atoms with Gasteiger partial charge in [0.15, 0.2) is 34.9 Å². The number of benzene rings is 18. The second-order valence-corrected chi connectivity index (χ2v) is 33.4. The van der Waals surface area contributed by atoms with Crippen LogP contribution in [0, 0.1) is 18.2 Å². The molecule has 0 aliphatic rings. The predicted molar refractivity (Wildman–Crippen MR) is 571 cm³/mol. The third-order valence-electron chi connectivity index (χ3n) is 24.5. The van der Waals surface area contributed by atoms with Crippen molar-refractivity contribution in [3.05, 3.63) is 516 Å². The maximum Gasteiger partial charge on any atom is 3.00 e. The molecule has 0 radical (unpaired) electrons. The number of rotatable bonds is 15. The maximum absolute atomic E-state index is 5.00. The van der Waals surface area contributed by atoms with Crippen LogP contribution in [0.5, 0.6) is 0 Å². The smallest absolute Gasteiger partial charge is 0.327 e. The normalized spacial score (nSPS) is 10.9. The minimum Gasteiger partial charge on any atom is -0.327 e. The molecule has 0 spiro atoms. The van der Waals surface area contributed by atoms with Crippen LogP contribution in [0.4, 0.5) is 0 Å². The Morgan fingerprint density at radius 1 is 0.191 bits per heavy atom. The summed E-state index contributed by atoms with van der Waals surface area (Å²) in [5.41, 5.74) is 27.4. The van der Waals surface area contributed by atoms with Crippen molar-refractivity contribution >= 4 is 54.4 Å². The molecule has 25 rings (SSSR count). The van der Waals surface area contributed by atoms with E-state index < -0.39 is 0 Å². The first-order valence-electron chi connectivity index (χ1n) is 46.4. The molecule has 0 aliphatic heterocycles. The second kappa shape index (κ2) is 42.8. The average molecular weight is 1990 g/mol. The van der Waals surface area contributed by atoms with Gasteiger partial charge in [0.1, 0.15) is 11.6 Å². The molecule has 14 heteroatoms. The summed E-state index contributed by atoms with van der Waals surface area (Å²) < 4.78 is 4.32. The summed E-state index contributed by atoms with van der Waals surface area (Å²) in [6, 6.07) is 173. The number of hydrogen-bond donors (Lipinski definition) is 0. The van der Waals surface area contributed by atoms with E-state index in [9.17, 15) is 0 Å². The van der Waals surface area contributed by atoms with E-state index in [1.807, 2.05) is 261 Å². The van der Waals surface area contributed by atoms with Gasteiger partial charge >= 0.3 is 20.1 Å². The Kier molecular flexibility index (Phi) is 27.5. The Balaban J connectivity index is 0.000000128. The van der Waals surface area contributed by atoms with E-state index in [2.05, 4.69) is 275 Å². The molecule has 0 fully saturated rings. The number of aryl methyl sites for hydroxylation is 2. The molecule has 670 valence electrons. The molecular weight excluding hydrogens is 1900 g/mol. The SMILES string of the molecule is Cn1c(-c2ccc(-c3ccc4ccc(-c5nc6ccccc6n5C)cc4c3)cc2)nc2ccccc21.[Ir+3].[c-]1ccc(-c2ccccc2)cc1-c1ccccn1.[c-]1ccccc1-c1ccccn1.[c-]1ccccc1-c1ccccn1.c1ccc(-c2nc(-c3ccccc3)nc(-c3ccc(-c4c(-c5ccc(-c6nc(-c7ccccc7)nc(-c7ccccc7)n6)cc5)c5ccccc5c5ccccc45)cc3)n2)cc1. The summed E-state index contributed by atoms with van der Waals surface area (Å²) in [5, 5.41) is 7.18. The van der Waals surface area contributed by atoms with Crippen molar-refractivity contribution in [1.29, 1.82) is 0 Å². The van der Waals surface area contributed by atoms with Gasteiger partial charge in [-0.15, -0.1) is 107 Å². The number of hydrogen-bond acceptors (Lipinski definition) is 11.